The minimum atomic E-state index is 0.374. The smallest absolute Gasteiger partial charge is 0.115 e. The first-order valence-electron chi connectivity index (χ1n) is 9.09. The van der Waals surface area contributed by atoms with Crippen LogP contribution >= 0.6 is 0 Å². The summed E-state index contributed by atoms with van der Waals surface area (Å²) in [4.78, 5) is 5.03. The third kappa shape index (κ3) is 3.63. The summed E-state index contributed by atoms with van der Waals surface area (Å²) in [6.07, 6.45) is 4.08. The van der Waals surface area contributed by atoms with Gasteiger partial charge in [0.25, 0.3) is 0 Å². The van der Waals surface area contributed by atoms with Crippen LogP contribution < -0.4 is 0 Å². The zero-order chi connectivity index (χ0) is 16.4. The average molecular weight is 322 g/mol. The summed E-state index contributed by atoms with van der Waals surface area (Å²) in [6.45, 7) is 6.46. The van der Waals surface area contributed by atoms with Gasteiger partial charge >= 0.3 is 0 Å². The molecule has 0 saturated carbocycles. The van der Waals surface area contributed by atoms with Gasteiger partial charge in [0.05, 0.1) is 0 Å². The number of piperidine rings is 1. The molecule has 3 nitrogen and oxygen atoms in total. The summed E-state index contributed by atoms with van der Waals surface area (Å²) in [5.74, 6) is 0.374. The van der Waals surface area contributed by atoms with Crippen LogP contribution in [0.4, 0.5) is 0 Å². The van der Waals surface area contributed by atoms with E-state index in [9.17, 15) is 5.11 Å². The molecule has 2 aromatic carbocycles. The Labute approximate surface area is 144 Å². The largest absolute Gasteiger partial charge is 0.508 e. The molecule has 24 heavy (non-hydrogen) atoms. The van der Waals surface area contributed by atoms with Gasteiger partial charge < -0.3 is 5.11 Å². The quantitative estimate of drug-likeness (QED) is 0.925. The van der Waals surface area contributed by atoms with Crippen molar-refractivity contribution in [1.82, 2.24) is 9.80 Å². The highest BCUT2D eigenvalue weighted by atomic mass is 16.3. The lowest BCUT2D eigenvalue weighted by atomic mass is 10.1. The number of likely N-dealkylation sites (tertiary alicyclic amines) is 1. The van der Waals surface area contributed by atoms with E-state index in [0.717, 1.165) is 26.2 Å². The number of fused-ring (bicyclic) bond motifs is 1. The van der Waals surface area contributed by atoms with Gasteiger partial charge in [-0.25, -0.2) is 0 Å². The molecule has 0 amide bonds. The Bertz CT molecular complexity index is 707. The van der Waals surface area contributed by atoms with Gasteiger partial charge in [-0.05, 0) is 60.3 Å². The zero-order valence-electron chi connectivity index (χ0n) is 14.2. The fourth-order valence-corrected chi connectivity index (χ4v) is 4.02. The van der Waals surface area contributed by atoms with E-state index in [4.69, 9.17) is 0 Å². The molecule has 2 aliphatic rings. The Balaban J connectivity index is 1.39. The Morgan fingerprint density at radius 3 is 2.25 bits per heavy atom. The van der Waals surface area contributed by atoms with Crippen molar-refractivity contribution < 1.29 is 5.11 Å². The highest BCUT2D eigenvalue weighted by molar-refractivity contribution is 5.37. The number of rotatable bonds is 4. The number of benzene rings is 2. The molecular formula is C21H26N2O. The molecule has 0 unspecified atom stereocenters. The highest BCUT2D eigenvalue weighted by Crippen LogP contribution is 2.27. The second kappa shape index (κ2) is 6.96. The maximum atomic E-state index is 9.64. The SMILES string of the molecule is Oc1ccc2c(c1)CN(Cc1cccc(CN3CCCCC3)c1)C2. The molecule has 1 saturated heterocycles. The van der Waals surface area contributed by atoms with Crippen molar-refractivity contribution in [3.8, 4) is 5.75 Å². The van der Waals surface area contributed by atoms with Crippen LogP contribution in [0.1, 0.15) is 41.5 Å². The van der Waals surface area contributed by atoms with Gasteiger partial charge in [0, 0.05) is 26.2 Å². The van der Waals surface area contributed by atoms with E-state index >= 15 is 0 Å². The van der Waals surface area contributed by atoms with E-state index < -0.39 is 0 Å². The molecule has 0 atom stereocenters. The average Bonchev–Trinajstić information content (AvgIpc) is 2.97. The van der Waals surface area contributed by atoms with Gasteiger partial charge in [0.15, 0.2) is 0 Å². The lowest BCUT2D eigenvalue weighted by Crippen LogP contribution is -2.29. The molecule has 0 bridgehead atoms. The number of phenolic OH excluding ortho intramolecular Hbond substituents is 1. The van der Waals surface area contributed by atoms with Gasteiger partial charge in [0.2, 0.25) is 0 Å². The van der Waals surface area contributed by atoms with Crippen LogP contribution in [0.2, 0.25) is 0 Å². The van der Waals surface area contributed by atoms with Gasteiger partial charge in [-0.1, -0.05) is 36.8 Å². The zero-order valence-corrected chi connectivity index (χ0v) is 14.2. The van der Waals surface area contributed by atoms with E-state index in [0.29, 0.717) is 5.75 Å². The molecule has 2 heterocycles. The predicted molar refractivity (Wildman–Crippen MR) is 96.6 cm³/mol. The Kier molecular flexibility index (Phi) is 4.54. The Morgan fingerprint density at radius 1 is 0.750 bits per heavy atom. The van der Waals surface area contributed by atoms with Crippen molar-refractivity contribution in [2.45, 2.75) is 45.4 Å². The van der Waals surface area contributed by atoms with Gasteiger partial charge in [-0.3, -0.25) is 9.80 Å². The van der Waals surface area contributed by atoms with E-state index in [2.05, 4.69) is 40.1 Å². The van der Waals surface area contributed by atoms with Gasteiger partial charge in [-0.2, -0.15) is 0 Å². The summed E-state index contributed by atoms with van der Waals surface area (Å²) >= 11 is 0. The predicted octanol–water partition coefficient (Wildman–Crippen LogP) is 3.89. The van der Waals surface area contributed by atoms with Crippen molar-refractivity contribution in [1.29, 1.82) is 0 Å². The molecule has 0 spiro atoms. The first kappa shape index (κ1) is 15.7. The molecule has 126 valence electrons. The van der Waals surface area contributed by atoms with Crippen molar-refractivity contribution in [3.63, 3.8) is 0 Å². The van der Waals surface area contributed by atoms with E-state index in [1.165, 1.54) is 54.6 Å². The van der Waals surface area contributed by atoms with Crippen LogP contribution in [0.3, 0.4) is 0 Å². The molecule has 3 heteroatoms. The number of nitrogens with zero attached hydrogens (tertiary/aromatic N) is 2. The molecule has 1 N–H and O–H groups in total. The van der Waals surface area contributed by atoms with Crippen molar-refractivity contribution >= 4 is 0 Å². The Morgan fingerprint density at radius 2 is 1.46 bits per heavy atom. The minimum absolute atomic E-state index is 0.374. The van der Waals surface area contributed by atoms with Crippen molar-refractivity contribution in [2.75, 3.05) is 13.1 Å². The first-order valence-corrected chi connectivity index (χ1v) is 9.09. The molecule has 1 fully saturated rings. The summed E-state index contributed by atoms with van der Waals surface area (Å²) in [5.41, 5.74) is 5.43. The van der Waals surface area contributed by atoms with E-state index in [1.54, 1.807) is 6.07 Å². The molecule has 4 rings (SSSR count). The molecule has 2 aromatic rings. The highest BCUT2D eigenvalue weighted by Gasteiger charge is 2.19. The number of hydrogen-bond acceptors (Lipinski definition) is 3. The van der Waals surface area contributed by atoms with E-state index in [-0.39, 0.29) is 0 Å². The fourth-order valence-electron chi connectivity index (χ4n) is 4.02. The number of hydrogen-bond donors (Lipinski definition) is 1. The van der Waals surface area contributed by atoms with Crippen LogP contribution in [0.25, 0.3) is 0 Å². The van der Waals surface area contributed by atoms with Crippen molar-refractivity contribution in [3.05, 3.63) is 64.7 Å². The second-order valence-electron chi connectivity index (χ2n) is 7.25. The lowest BCUT2D eigenvalue weighted by Gasteiger charge is -2.26. The summed E-state index contributed by atoms with van der Waals surface area (Å²) in [5, 5.41) is 9.64. The monoisotopic (exact) mass is 322 g/mol. The van der Waals surface area contributed by atoms with Crippen LogP contribution in [-0.4, -0.2) is 28.0 Å². The van der Waals surface area contributed by atoms with Crippen LogP contribution in [0, 0.1) is 0 Å². The third-order valence-corrected chi connectivity index (χ3v) is 5.23. The topological polar surface area (TPSA) is 26.7 Å². The van der Waals surface area contributed by atoms with Crippen LogP contribution in [0.15, 0.2) is 42.5 Å². The summed E-state index contributed by atoms with van der Waals surface area (Å²) < 4.78 is 0. The standard InChI is InChI=1S/C21H26N2O/c24-21-8-7-19-15-23(16-20(19)12-21)14-18-6-4-5-17(11-18)13-22-9-2-1-3-10-22/h4-8,11-12,24H,1-3,9-10,13-16H2. The van der Waals surface area contributed by atoms with E-state index in [1.807, 2.05) is 6.07 Å². The lowest BCUT2D eigenvalue weighted by molar-refractivity contribution is 0.220. The third-order valence-electron chi connectivity index (χ3n) is 5.23. The number of aromatic hydroxyl groups is 1. The van der Waals surface area contributed by atoms with Crippen LogP contribution in [0.5, 0.6) is 5.75 Å². The molecule has 0 aromatic heterocycles. The number of phenols is 1. The molecular weight excluding hydrogens is 296 g/mol. The first-order chi connectivity index (χ1) is 11.8. The summed E-state index contributed by atoms with van der Waals surface area (Å²) in [7, 11) is 0. The Hall–Kier alpha value is -1.84. The minimum Gasteiger partial charge on any atom is -0.508 e. The molecule has 0 aliphatic carbocycles. The molecule has 0 radical (unpaired) electrons. The normalized spacial score (nSPS) is 18.7. The second-order valence-corrected chi connectivity index (χ2v) is 7.25. The molecule has 2 aliphatic heterocycles. The maximum absolute atomic E-state index is 9.64. The fraction of sp³-hybridized carbons (Fsp3) is 0.429. The maximum Gasteiger partial charge on any atom is 0.115 e. The van der Waals surface area contributed by atoms with Crippen molar-refractivity contribution in [2.24, 2.45) is 0 Å². The van der Waals surface area contributed by atoms with Gasteiger partial charge in [0.1, 0.15) is 5.75 Å². The summed E-state index contributed by atoms with van der Waals surface area (Å²) in [6, 6.07) is 14.8. The van der Waals surface area contributed by atoms with Gasteiger partial charge in [-0.15, -0.1) is 0 Å². The van der Waals surface area contributed by atoms with Crippen LogP contribution in [-0.2, 0) is 26.2 Å².